The molecule has 1 fully saturated rings. The first-order valence-electron chi connectivity index (χ1n) is 6.56. The van der Waals surface area contributed by atoms with Crippen molar-refractivity contribution in [3.8, 4) is 0 Å². The maximum atomic E-state index is 12.6. The fourth-order valence-corrected chi connectivity index (χ4v) is 4.47. The van der Waals surface area contributed by atoms with Gasteiger partial charge in [0.25, 0.3) is 0 Å². The largest absolute Gasteiger partial charge is 0.478 e. The molecule has 0 saturated heterocycles. The second-order valence-electron chi connectivity index (χ2n) is 5.04. The lowest BCUT2D eigenvalue weighted by molar-refractivity contribution is 0.0695. The summed E-state index contributed by atoms with van der Waals surface area (Å²) in [6.45, 7) is 0. The predicted molar refractivity (Wildman–Crippen MR) is 85.1 cm³/mol. The third-order valence-electron chi connectivity index (χ3n) is 3.64. The number of hydrogen-bond donors (Lipinski definition) is 1. The number of aromatic carboxylic acids is 1. The van der Waals surface area contributed by atoms with E-state index in [-0.39, 0.29) is 10.8 Å². The highest BCUT2D eigenvalue weighted by Gasteiger charge is 2.43. The minimum absolute atomic E-state index is 0.0789. The molecule has 0 heterocycles. The average Bonchev–Trinajstić information content (AvgIpc) is 3.28. The highest BCUT2D eigenvalue weighted by Crippen LogP contribution is 2.46. The Morgan fingerprint density at radius 2 is 1.90 bits per heavy atom. The Kier molecular flexibility index (Phi) is 3.95. The molecule has 0 aromatic heterocycles. The number of halogens is 1. The summed E-state index contributed by atoms with van der Waals surface area (Å²) in [6.07, 6.45) is 0.884. The number of carbonyl (C=O) groups is 1. The van der Waals surface area contributed by atoms with Crippen LogP contribution in [0.2, 0.25) is 0 Å². The Morgan fingerprint density at radius 3 is 2.57 bits per heavy atom. The molecular formula is C16H13BrO3S. The van der Waals surface area contributed by atoms with Gasteiger partial charge in [0, 0.05) is 14.6 Å². The van der Waals surface area contributed by atoms with Gasteiger partial charge >= 0.3 is 5.97 Å². The summed E-state index contributed by atoms with van der Waals surface area (Å²) < 4.78 is 13.1. The summed E-state index contributed by atoms with van der Waals surface area (Å²) in [6, 6.07) is 14.9. The van der Waals surface area contributed by atoms with Crippen molar-refractivity contribution in [2.24, 2.45) is 0 Å². The Hall–Kier alpha value is -1.46. The molecule has 1 N–H and O–H groups in total. The molecule has 5 heteroatoms. The summed E-state index contributed by atoms with van der Waals surface area (Å²) in [5.41, 5.74) is 1.35. The van der Waals surface area contributed by atoms with E-state index in [4.69, 9.17) is 5.11 Å². The van der Waals surface area contributed by atoms with Crippen molar-refractivity contribution in [2.75, 3.05) is 0 Å². The van der Waals surface area contributed by atoms with Crippen molar-refractivity contribution in [3.63, 3.8) is 0 Å². The monoisotopic (exact) mass is 364 g/mol. The number of benzene rings is 2. The molecule has 0 amide bonds. The maximum absolute atomic E-state index is 12.6. The average molecular weight is 365 g/mol. The second kappa shape index (κ2) is 5.73. The molecule has 0 bridgehead atoms. The van der Waals surface area contributed by atoms with Crippen LogP contribution in [0.5, 0.6) is 0 Å². The van der Waals surface area contributed by atoms with Gasteiger partial charge in [-0.2, -0.15) is 0 Å². The Labute approximate surface area is 133 Å². The van der Waals surface area contributed by atoms with E-state index in [9.17, 15) is 9.00 Å². The molecule has 3 nitrogen and oxygen atoms in total. The number of carboxylic acid groups (broad SMARTS) is 1. The first-order valence-corrected chi connectivity index (χ1v) is 8.57. The van der Waals surface area contributed by atoms with Gasteiger partial charge in [-0.3, -0.25) is 4.21 Å². The van der Waals surface area contributed by atoms with Crippen LogP contribution in [0.4, 0.5) is 0 Å². The lowest BCUT2D eigenvalue weighted by atomic mass is 10.1. The van der Waals surface area contributed by atoms with Crippen molar-refractivity contribution in [2.45, 2.75) is 22.5 Å². The normalized spacial score (nSPS) is 21.8. The van der Waals surface area contributed by atoms with Gasteiger partial charge in [0.2, 0.25) is 0 Å². The third-order valence-corrected chi connectivity index (χ3v) is 6.12. The van der Waals surface area contributed by atoms with Gasteiger partial charge in [0.15, 0.2) is 0 Å². The SMILES string of the molecule is O=C(O)c1cc(S(=O)C2CC2c2ccccc2)ccc1Br. The van der Waals surface area contributed by atoms with E-state index in [1.54, 1.807) is 12.1 Å². The summed E-state index contributed by atoms with van der Waals surface area (Å²) >= 11 is 3.20. The van der Waals surface area contributed by atoms with Crippen molar-refractivity contribution in [1.29, 1.82) is 0 Å². The van der Waals surface area contributed by atoms with Crippen LogP contribution in [0, 0.1) is 0 Å². The van der Waals surface area contributed by atoms with Crippen LogP contribution in [0.25, 0.3) is 0 Å². The highest BCUT2D eigenvalue weighted by molar-refractivity contribution is 9.10. The van der Waals surface area contributed by atoms with Crippen LogP contribution >= 0.6 is 15.9 Å². The summed E-state index contributed by atoms with van der Waals surface area (Å²) in [5, 5.41) is 9.21. The minimum atomic E-state index is -1.17. The molecule has 108 valence electrons. The van der Waals surface area contributed by atoms with Gasteiger partial charge in [-0.05, 0) is 52.0 Å². The molecule has 1 aliphatic rings. The fraction of sp³-hybridized carbons (Fsp3) is 0.188. The number of rotatable bonds is 4. The van der Waals surface area contributed by atoms with E-state index >= 15 is 0 Å². The van der Waals surface area contributed by atoms with E-state index in [1.165, 1.54) is 11.6 Å². The van der Waals surface area contributed by atoms with Crippen molar-refractivity contribution < 1.29 is 14.1 Å². The third kappa shape index (κ3) is 2.94. The number of hydrogen-bond acceptors (Lipinski definition) is 2. The fourth-order valence-electron chi connectivity index (χ4n) is 2.43. The lowest BCUT2D eigenvalue weighted by Crippen LogP contribution is -2.04. The van der Waals surface area contributed by atoms with Gasteiger partial charge in [0.1, 0.15) is 0 Å². The van der Waals surface area contributed by atoms with E-state index in [2.05, 4.69) is 15.9 Å². The number of carboxylic acids is 1. The van der Waals surface area contributed by atoms with Crippen LogP contribution in [0.1, 0.15) is 28.3 Å². The predicted octanol–water partition coefficient (Wildman–Crippen LogP) is 3.81. The van der Waals surface area contributed by atoms with Crippen molar-refractivity contribution >= 4 is 32.7 Å². The van der Waals surface area contributed by atoms with Crippen molar-refractivity contribution in [3.05, 3.63) is 64.1 Å². The molecule has 21 heavy (non-hydrogen) atoms. The van der Waals surface area contributed by atoms with E-state index in [0.29, 0.717) is 15.3 Å². The molecule has 2 aromatic carbocycles. The summed E-state index contributed by atoms with van der Waals surface area (Å²) in [7, 11) is -1.17. The van der Waals surface area contributed by atoms with Crippen LogP contribution in [0.15, 0.2) is 57.9 Å². The quantitative estimate of drug-likeness (QED) is 0.897. The van der Waals surface area contributed by atoms with E-state index < -0.39 is 16.8 Å². The van der Waals surface area contributed by atoms with Gasteiger partial charge in [-0.1, -0.05) is 30.3 Å². The van der Waals surface area contributed by atoms with E-state index in [1.807, 2.05) is 30.3 Å². The first-order chi connectivity index (χ1) is 10.1. The van der Waals surface area contributed by atoms with Crippen LogP contribution in [-0.4, -0.2) is 20.5 Å². The smallest absolute Gasteiger partial charge is 0.336 e. The highest BCUT2D eigenvalue weighted by atomic mass is 79.9. The molecule has 3 atom stereocenters. The molecule has 3 rings (SSSR count). The topological polar surface area (TPSA) is 54.4 Å². The zero-order valence-electron chi connectivity index (χ0n) is 11.0. The Morgan fingerprint density at radius 1 is 1.19 bits per heavy atom. The summed E-state index contributed by atoms with van der Waals surface area (Å²) in [4.78, 5) is 11.7. The Balaban J connectivity index is 1.82. The molecule has 0 aliphatic heterocycles. The standard InChI is InChI=1S/C16H13BrO3S/c17-14-7-6-11(8-13(14)16(18)19)21(20)15-9-12(15)10-4-2-1-3-5-10/h1-8,12,15H,9H2,(H,18,19). The minimum Gasteiger partial charge on any atom is -0.478 e. The molecule has 1 aliphatic carbocycles. The first kappa shape index (κ1) is 14.5. The van der Waals surface area contributed by atoms with Crippen molar-refractivity contribution in [1.82, 2.24) is 0 Å². The molecule has 0 radical (unpaired) electrons. The molecule has 1 saturated carbocycles. The molecule has 3 unspecified atom stereocenters. The summed E-state index contributed by atoms with van der Waals surface area (Å²) in [5.74, 6) is -0.708. The van der Waals surface area contributed by atoms with Gasteiger partial charge in [0.05, 0.1) is 16.4 Å². The Bertz CT molecular complexity index is 715. The second-order valence-corrected chi connectivity index (χ2v) is 7.56. The zero-order chi connectivity index (χ0) is 15.0. The van der Waals surface area contributed by atoms with Gasteiger partial charge in [-0.15, -0.1) is 0 Å². The van der Waals surface area contributed by atoms with Gasteiger partial charge in [-0.25, -0.2) is 4.79 Å². The van der Waals surface area contributed by atoms with Crippen LogP contribution in [-0.2, 0) is 10.8 Å². The zero-order valence-corrected chi connectivity index (χ0v) is 13.4. The van der Waals surface area contributed by atoms with Crippen LogP contribution < -0.4 is 0 Å². The lowest BCUT2D eigenvalue weighted by Gasteiger charge is -2.05. The maximum Gasteiger partial charge on any atom is 0.336 e. The van der Waals surface area contributed by atoms with Gasteiger partial charge < -0.3 is 5.11 Å². The molecular weight excluding hydrogens is 352 g/mol. The molecule has 0 spiro atoms. The molecule has 2 aromatic rings. The van der Waals surface area contributed by atoms with E-state index in [0.717, 1.165) is 6.42 Å². The van der Waals surface area contributed by atoms with Crippen LogP contribution in [0.3, 0.4) is 0 Å².